The lowest BCUT2D eigenvalue weighted by Gasteiger charge is -2.24. The van der Waals surface area contributed by atoms with E-state index in [0.29, 0.717) is 6.54 Å². The molecule has 1 amide bonds. The second-order valence-electron chi connectivity index (χ2n) is 6.93. The number of carbonyl (C=O) groups is 1. The van der Waals surface area contributed by atoms with Crippen LogP contribution in [0.15, 0.2) is 54.7 Å². The van der Waals surface area contributed by atoms with Crippen molar-refractivity contribution in [2.75, 3.05) is 13.2 Å². The van der Waals surface area contributed by atoms with E-state index in [9.17, 15) is 9.90 Å². The molecule has 0 saturated heterocycles. The van der Waals surface area contributed by atoms with Crippen molar-refractivity contribution in [3.05, 3.63) is 77.1 Å². The maximum Gasteiger partial charge on any atom is 0.410 e. The Hall–Kier alpha value is -3.12. The summed E-state index contributed by atoms with van der Waals surface area (Å²) in [6, 6.07) is 16.1. The molecular formula is C21H19N3O3. The summed E-state index contributed by atoms with van der Waals surface area (Å²) < 4.78 is 5.70. The molecule has 0 bridgehead atoms. The average molecular weight is 361 g/mol. The minimum absolute atomic E-state index is 0.0241. The van der Waals surface area contributed by atoms with Gasteiger partial charge in [-0.2, -0.15) is 5.10 Å². The van der Waals surface area contributed by atoms with Gasteiger partial charge in [0.15, 0.2) is 0 Å². The third-order valence-electron chi connectivity index (χ3n) is 5.56. The molecule has 1 unspecified atom stereocenters. The molecule has 27 heavy (non-hydrogen) atoms. The van der Waals surface area contributed by atoms with Gasteiger partial charge in [0.05, 0.1) is 31.1 Å². The van der Waals surface area contributed by atoms with Gasteiger partial charge in [0, 0.05) is 11.5 Å². The molecule has 0 radical (unpaired) electrons. The van der Waals surface area contributed by atoms with Gasteiger partial charge in [0.25, 0.3) is 0 Å². The second kappa shape index (κ2) is 6.25. The van der Waals surface area contributed by atoms with Crippen LogP contribution in [0.1, 0.15) is 34.3 Å². The number of benzene rings is 2. The Bertz CT molecular complexity index is 968. The summed E-state index contributed by atoms with van der Waals surface area (Å²) in [4.78, 5) is 14.3. The molecule has 1 aromatic heterocycles. The van der Waals surface area contributed by atoms with Crippen LogP contribution >= 0.6 is 0 Å². The van der Waals surface area contributed by atoms with E-state index in [4.69, 9.17) is 4.74 Å². The van der Waals surface area contributed by atoms with Gasteiger partial charge >= 0.3 is 6.09 Å². The maximum atomic E-state index is 12.7. The number of fused-ring (bicyclic) bond motifs is 4. The van der Waals surface area contributed by atoms with Gasteiger partial charge < -0.3 is 9.84 Å². The molecule has 1 atom stereocenters. The fraction of sp³-hybridized carbons (Fsp3) is 0.238. The molecule has 3 aromatic rings. The Labute approximate surface area is 156 Å². The summed E-state index contributed by atoms with van der Waals surface area (Å²) in [5, 5.41) is 16.6. The molecule has 0 spiro atoms. The monoisotopic (exact) mass is 361 g/mol. The molecule has 1 aliphatic heterocycles. The Morgan fingerprint density at radius 2 is 1.78 bits per heavy atom. The zero-order valence-electron chi connectivity index (χ0n) is 14.6. The van der Waals surface area contributed by atoms with Crippen LogP contribution in [-0.2, 0) is 11.3 Å². The van der Waals surface area contributed by atoms with Crippen molar-refractivity contribution in [2.24, 2.45) is 0 Å². The number of aliphatic hydroxyl groups excluding tert-OH is 1. The molecule has 0 fully saturated rings. The molecule has 6 heteroatoms. The molecular weight excluding hydrogens is 342 g/mol. The number of amides is 1. The van der Waals surface area contributed by atoms with Crippen molar-refractivity contribution < 1.29 is 14.6 Å². The number of hydrogen-bond donors (Lipinski definition) is 2. The lowest BCUT2D eigenvalue weighted by Crippen LogP contribution is -2.33. The van der Waals surface area contributed by atoms with Crippen molar-refractivity contribution in [1.82, 2.24) is 15.1 Å². The lowest BCUT2D eigenvalue weighted by molar-refractivity contribution is 0.0710. The second-order valence-corrected chi connectivity index (χ2v) is 6.93. The number of aliphatic hydroxyl groups is 1. The van der Waals surface area contributed by atoms with Crippen LogP contribution < -0.4 is 0 Å². The molecule has 1 aliphatic carbocycles. The normalized spacial score (nSPS) is 17.5. The summed E-state index contributed by atoms with van der Waals surface area (Å²) in [5.74, 6) is 0.0241. The maximum absolute atomic E-state index is 12.7. The van der Waals surface area contributed by atoms with Gasteiger partial charge in [-0.05, 0) is 22.3 Å². The van der Waals surface area contributed by atoms with E-state index in [0.717, 1.165) is 11.3 Å². The lowest BCUT2D eigenvalue weighted by atomic mass is 9.98. The minimum Gasteiger partial charge on any atom is -0.448 e. The third kappa shape index (κ3) is 2.44. The van der Waals surface area contributed by atoms with Gasteiger partial charge in [-0.15, -0.1) is 0 Å². The van der Waals surface area contributed by atoms with E-state index in [-0.39, 0.29) is 19.1 Å². The van der Waals surface area contributed by atoms with Crippen LogP contribution in [0.5, 0.6) is 0 Å². The fourth-order valence-electron chi connectivity index (χ4n) is 4.25. The highest BCUT2D eigenvalue weighted by molar-refractivity contribution is 5.79. The standard InChI is InChI=1S/C21H19N3O3/c25-11-20-17-9-22-23-19(17)10-24(20)21(26)27-12-18-15-7-3-1-5-13(15)14-6-2-4-8-16(14)18/h1-9,18,20,25H,10-12H2,(H,22,23). The molecule has 2 N–H and O–H groups in total. The number of rotatable bonds is 3. The van der Waals surface area contributed by atoms with Crippen molar-refractivity contribution in [2.45, 2.75) is 18.5 Å². The highest BCUT2D eigenvalue weighted by Crippen LogP contribution is 2.44. The Morgan fingerprint density at radius 1 is 1.11 bits per heavy atom. The number of aromatic nitrogens is 2. The fourth-order valence-corrected chi connectivity index (χ4v) is 4.25. The first-order valence-electron chi connectivity index (χ1n) is 9.02. The van der Waals surface area contributed by atoms with Crippen molar-refractivity contribution in [1.29, 1.82) is 0 Å². The summed E-state index contributed by atoms with van der Waals surface area (Å²) in [6.45, 7) is 0.488. The first-order chi connectivity index (χ1) is 13.3. The summed E-state index contributed by atoms with van der Waals surface area (Å²) in [7, 11) is 0. The smallest absolute Gasteiger partial charge is 0.410 e. The molecule has 2 aliphatic rings. The first kappa shape index (κ1) is 16.1. The van der Waals surface area contributed by atoms with E-state index in [1.807, 2.05) is 24.3 Å². The van der Waals surface area contributed by atoms with E-state index < -0.39 is 12.1 Å². The van der Waals surface area contributed by atoms with Gasteiger partial charge in [0.2, 0.25) is 0 Å². The summed E-state index contributed by atoms with van der Waals surface area (Å²) >= 11 is 0. The molecule has 136 valence electrons. The van der Waals surface area contributed by atoms with E-state index in [1.54, 1.807) is 11.1 Å². The van der Waals surface area contributed by atoms with Gasteiger partial charge in [0.1, 0.15) is 6.61 Å². The predicted octanol–water partition coefficient (Wildman–Crippen LogP) is 3.21. The molecule has 2 aromatic carbocycles. The highest BCUT2D eigenvalue weighted by Gasteiger charge is 2.36. The molecule has 2 heterocycles. The van der Waals surface area contributed by atoms with Crippen molar-refractivity contribution in [3.8, 4) is 11.1 Å². The van der Waals surface area contributed by atoms with Crippen LogP contribution in [0.25, 0.3) is 11.1 Å². The van der Waals surface area contributed by atoms with E-state index >= 15 is 0 Å². The van der Waals surface area contributed by atoms with Crippen molar-refractivity contribution >= 4 is 6.09 Å². The number of carbonyl (C=O) groups excluding carboxylic acids is 1. The Morgan fingerprint density at radius 3 is 2.44 bits per heavy atom. The van der Waals surface area contributed by atoms with E-state index in [1.165, 1.54) is 22.3 Å². The quantitative estimate of drug-likeness (QED) is 0.751. The number of nitrogens with one attached hydrogen (secondary N) is 1. The SMILES string of the molecule is O=C(OCC1c2ccccc2-c2ccccc21)N1Cc2[nH]ncc2C1CO. The zero-order chi connectivity index (χ0) is 18.4. The predicted molar refractivity (Wildman–Crippen MR) is 99.0 cm³/mol. The third-order valence-corrected chi connectivity index (χ3v) is 5.56. The summed E-state index contributed by atoms with van der Waals surface area (Å²) in [5.41, 5.74) is 6.46. The zero-order valence-corrected chi connectivity index (χ0v) is 14.6. The molecule has 6 nitrogen and oxygen atoms in total. The largest absolute Gasteiger partial charge is 0.448 e. The van der Waals surface area contributed by atoms with Crippen LogP contribution in [0.4, 0.5) is 4.79 Å². The highest BCUT2D eigenvalue weighted by atomic mass is 16.6. The number of ether oxygens (including phenoxy) is 1. The first-order valence-corrected chi connectivity index (χ1v) is 9.02. The van der Waals surface area contributed by atoms with Gasteiger partial charge in [-0.1, -0.05) is 48.5 Å². The molecule has 0 saturated carbocycles. The van der Waals surface area contributed by atoms with Crippen molar-refractivity contribution in [3.63, 3.8) is 0 Å². The minimum atomic E-state index is -0.416. The van der Waals surface area contributed by atoms with Crippen LogP contribution in [-0.4, -0.2) is 39.5 Å². The average Bonchev–Trinajstić information content (AvgIpc) is 3.37. The Kier molecular flexibility index (Phi) is 3.72. The van der Waals surface area contributed by atoms with Crippen LogP contribution in [0.2, 0.25) is 0 Å². The van der Waals surface area contributed by atoms with E-state index in [2.05, 4.69) is 34.5 Å². The number of H-pyrrole nitrogens is 1. The number of nitrogens with zero attached hydrogens (tertiary/aromatic N) is 2. The van der Waals surface area contributed by atoms with Gasteiger partial charge in [-0.3, -0.25) is 10.00 Å². The summed E-state index contributed by atoms with van der Waals surface area (Å²) in [6.07, 6.45) is 1.24. The van der Waals surface area contributed by atoms with Crippen LogP contribution in [0.3, 0.4) is 0 Å². The number of hydrogen-bond acceptors (Lipinski definition) is 4. The van der Waals surface area contributed by atoms with Gasteiger partial charge in [-0.25, -0.2) is 4.79 Å². The van der Waals surface area contributed by atoms with Crippen LogP contribution in [0, 0.1) is 0 Å². The Balaban J connectivity index is 1.36. The molecule has 5 rings (SSSR count). The number of aromatic amines is 1. The topological polar surface area (TPSA) is 78.5 Å².